The van der Waals surface area contributed by atoms with E-state index in [1.54, 1.807) is 41.9 Å². The highest BCUT2D eigenvalue weighted by Crippen LogP contribution is 2.30. The molecular weight excluding hydrogens is 244 g/mol. The van der Waals surface area contributed by atoms with Crippen molar-refractivity contribution in [3.63, 3.8) is 0 Å². The highest BCUT2D eigenvalue weighted by atomic mass is 16.5. The first kappa shape index (κ1) is 11.5. The first-order valence-electron chi connectivity index (χ1n) is 5.79. The van der Waals surface area contributed by atoms with Gasteiger partial charge in [0, 0.05) is 18.0 Å². The average molecular weight is 256 g/mol. The molecule has 2 heterocycles. The molecule has 1 aromatic carbocycles. The van der Waals surface area contributed by atoms with E-state index in [1.807, 2.05) is 6.92 Å². The topological polar surface area (TPSA) is 72.5 Å². The Labute approximate surface area is 109 Å². The van der Waals surface area contributed by atoms with Crippen molar-refractivity contribution in [3.05, 3.63) is 42.0 Å². The van der Waals surface area contributed by atoms with Crippen molar-refractivity contribution < 1.29 is 9.84 Å². The molecular formula is C13H12N4O2. The molecule has 0 bridgehead atoms. The molecule has 1 N–H and O–H groups in total. The average Bonchev–Trinajstić information content (AvgIpc) is 2.78. The molecule has 0 spiro atoms. The van der Waals surface area contributed by atoms with E-state index in [4.69, 9.17) is 4.74 Å². The van der Waals surface area contributed by atoms with Crippen LogP contribution in [0.4, 0.5) is 0 Å². The minimum absolute atomic E-state index is 0.182. The molecule has 0 saturated heterocycles. The molecule has 0 unspecified atom stereocenters. The number of ether oxygens (including phenoxy) is 1. The van der Waals surface area contributed by atoms with Crippen molar-refractivity contribution in [3.8, 4) is 17.4 Å². The summed E-state index contributed by atoms with van der Waals surface area (Å²) in [4.78, 5) is 4.16. The molecule has 96 valence electrons. The summed E-state index contributed by atoms with van der Waals surface area (Å²) in [5.74, 6) is 1.84. The number of fused-ring (bicyclic) bond motifs is 1. The van der Waals surface area contributed by atoms with E-state index >= 15 is 0 Å². The van der Waals surface area contributed by atoms with Gasteiger partial charge in [0.05, 0.1) is 0 Å². The molecule has 0 atom stereocenters. The van der Waals surface area contributed by atoms with Crippen molar-refractivity contribution in [2.45, 2.75) is 13.8 Å². The molecule has 0 saturated carbocycles. The quantitative estimate of drug-likeness (QED) is 0.761. The Balaban J connectivity index is 2.08. The lowest BCUT2D eigenvalue weighted by atomic mass is 10.2. The van der Waals surface area contributed by atoms with Crippen LogP contribution < -0.4 is 4.74 Å². The lowest BCUT2D eigenvalue weighted by Gasteiger charge is -2.09. The molecule has 0 amide bonds. The van der Waals surface area contributed by atoms with Gasteiger partial charge in [-0.2, -0.15) is 0 Å². The van der Waals surface area contributed by atoms with E-state index in [1.165, 1.54) is 0 Å². The Hall–Kier alpha value is -2.63. The molecule has 3 rings (SSSR count). The Kier molecular flexibility index (Phi) is 2.56. The Morgan fingerprint density at radius 2 is 2.05 bits per heavy atom. The van der Waals surface area contributed by atoms with Gasteiger partial charge < -0.3 is 9.84 Å². The zero-order chi connectivity index (χ0) is 13.4. The summed E-state index contributed by atoms with van der Waals surface area (Å²) in [7, 11) is 0. The van der Waals surface area contributed by atoms with Gasteiger partial charge in [-0.3, -0.25) is 4.40 Å². The van der Waals surface area contributed by atoms with Crippen LogP contribution in [0.3, 0.4) is 0 Å². The third-order valence-corrected chi connectivity index (χ3v) is 2.93. The molecule has 19 heavy (non-hydrogen) atoms. The van der Waals surface area contributed by atoms with Crippen molar-refractivity contribution in [2.75, 3.05) is 0 Å². The van der Waals surface area contributed by atoms with Gasteiger partial charge in [0.15, 0.2) is 0 Å². The standard InChI is InChI=1S/C13H12N4O2/c1-8-10(18)4-3-5-11(8)19-13-12-16-15-9(2)17(12)7-6-14-13/h3-7,18H,1-2H3. The fraction of sp³-hybridized carbons (Fsp3) is 0.154. The van der Waals surface area contributed by atoms with Gasteiger partial charge in [0.1, 0.15) is 17.3 Å². The second kappa shape index (κ2) is 4.24. The van der Waals surface area contributed by atoms with Crippen LogP contribution in [0.15, 0.2) is 30.6 Å². The molecule has 0 fully saturated rings. The van der Waals surface area contributed by atoms with E-state index in [2.05, 4.69) is 15.2 Å². The first-order valence-corrected chi connectivity index (χ1v) is 5.79. The highest BCUT2D eigenvalue weighted by Gasteiger charge is 2.12. The molecule has 3 aromatic rings. The van der Waals surface area contributed by atoms with Crippen molar-refractivity contribution >= 4 is 5.65 Å². The van der Waals surface area contributed by atoms with Gasteiger partial charge in [-0.1, -0.05) is 6.07 Å². The maximum atomic E-state index is 9.66. The Bertz CT molecular complexity index is 751. The lowest BCUT2D eigenvalue weighted by molar-refractivity contribution is 0.440. The van der Waals surface area contributed by atoms with Crippen LogP contribution in [0.5, 0.6) is 17.4 Å². The van der Waals surface area contributed by atoms with Crippen LogP contribution in [0, 0.1) is 13.8 Å². The van der Waals surface area contributed by atoms with Crippen LogP contribution in [0.1, 0.15) is 11.4 Å². The molecule has 0 aliphatic carbocycles. The zero-order valence-corrected chi connectivity index (χ0v) is 10.5. The highest BCUT2D eigenvalue weighted by molar-refractivity contribution is 5.52. The van der Waals surface area contributed by atoms with Crippen LogP contribution in [-0.2, 0) is 0 Å². The number of aromatic nitrogens is 4. The van der Waals surface area contributed by atoms with Gasteiger partial charge in [0.2, 0.25) is 5.65 Å². The number of phenols is 1. The van der Waals surface area contributed by atoms with E-state index in [0.717, 1.165) is 5.82 Å². The third kappa shape index (κ3) is 1.87. The second-order valence-corrected chi connectivity index (χ2v) is 4.18. The number of rotatable bonds is 2. The smallest absolute Gasteiger partial charge is 0.265 e. The molecule has 0 aliphatic heterocycles. The van der Waals surface area contributed by atoms with Gasteiger partial charge >= 0.3 is 0 Å². The lowest BCUT2D eigenvalue weighted by Crippen LogP contribution is -1.95. The maximum Gasteiger partial charge on any atom is 0.265 e. The fourth-order valence-corrected chi connectivity index (χ4v) is 1.81. The molecule has 6 heteroatoms. The monoisotopic (exact) mass is 256 g/mol. The summed E-state index contributed by atoms with van der Waals surface area (Å²) in [5, 5.41) is 17.7. The number of benzene rings is 1. The van der Waals surface area contributed by atoms with Crippen LogP contribution in [0.2, 0.25) is 0 Å². The number of nitrogens with zero attached hydrogens (tertiary/aromatic N) is 4. The first-order chi connectivity index (χ1) is 9.16. The van der Waals surface area contributed by atoms with Crippen LogP contribution in [0.25, 0.3) is 5.65 Å². The second-order valence-electron chi connectivity index (χ2n) is 4.18. The predicted octanol–water partition coefficient (Wildman–Crippen LogP) is 2.24. The van der Waals surface area contributed by atoms with Crippen molar-refractivity contribution in [1.29, 1.82) is 0 Å². The summed E-state index contributed by atoms with van der Waals surface area (Å²) < 4.78 is 7.51. The molecule has 6 nitrogen and oxygen atoms in total. The number of aromatic hydroxyl groups is 1. The maximum absolute atomic E-state index is 9.66. The van der Waals surface area contributed by atoms with E-state index in [-0.39, 0.29) is 5.75 Å². The SMILES string of the molecule is Cc1c(O)cccc1Oc1nccn2c(C)nnc12. The zero-order valence-electron chi connectivity index (χ0n) is 10.5. The summed E-state index contributed by atoms with van der Waals surface area (Å²) in [6.07, 6.45) is 3.39. The normalized spacial score (nSPS) is 10.8. The van der Waals surface area contributed by atoms with Gasteiger partial charge in [-0.05, 0) is 26.0 Å². The summed E-state index contributed by atoms with van der Waals surface area (Å²) in [6, 6.07) is 5.09. The molecule has 0 radical (unpaired) electrons. The minimum atomic E-state index is 0.182. The van der Waals surface area contributed by atoms with Crippen LogP contribution in [-0.4, -0.2) is 24.7 Å². The molecule has 2 aromatic heterocycles. The number of phenolic OH excluding ortho intramolecular Hbond substituents is 1. The van der Waals surface area contributed by atoms with Gasteiger partial charge in [-0.15, -0.1) is 10.2 Å². The fourth-order valence-electron chi connectivity index (χ4n) is 1.81. The molecule has 0 aliphatic rings. The number of hydrogen-bond acceptors (Lipinski definition) is 5. The predicted molar refractivity (Wildman–Crippen MR) is 68.4 cm³/mol. The summed E-state index contributed by atoms with van der Waals surface area (Å²) in [5.41, 5.74) is 1.20. The third-order valence-electron chi connectivity index (χ3n) is 2.93. The Morgan fingerprint density at radius 1 is 1.21 bits per heavy atom. The summed E-state index contributed by atoms with van der Waals surface area (Å²) >= 11 is 0. The van der Waals surface area contributed by atoms with Crippen molar-refractivity contribution in [1.82, 2.24) is 19.6 Å². The van der Waals surface area contributed by atoms with E-state index in [9.17, 15) is 5.11 Å². The number of hydrogen-bond donors (Lipinski definition) is 1. The minimum Gasteiger partial charge on any atom is -0.508 e. The number of aryl methyl sites for hydroxylation is 1. The Morgan fingerprint density at radius 3 is 2.89 bits per heavy atom. The van der Waals surface area contributed by atoms with Gasteiger partial charge in [0.25, 0.3) is 5.88 Å². The van der Waals surface area contributed by atoms with E-state index < -0.39 is 0 Å². The van der Waals surface area contributed by atoms with Crippen LogP contribution >= 0.6 is 0 Å². The van der Waals surface area contributed by atoms with E-state index in [0.29, 0.717) is 22.8 Å². The van der Waals surface area contributed by atoms with Crippen molar-refractivity contribution in [2.24, 2.45) is 0 Å². The summed E-state index contributed by atoms with van der Waals surface area (Å²) in [6.45, 7) is 3.63. The largest absolute Gasteiger partial charge is 0.508 e. The van der Waals surface area contributed by atoms with Gasteiger partial charge in [-0.25, -0.2) is 4.98 Å².